The van der Waals surface area contributed by atoms with Crippen molar-refractivity contribution >= 4 is 17.3 Å². The molecular formula is C14H20FN3O2. The van der Waals surface area contributed by atoms with Crippen molar-refractivity contribution in [1.29, 1.82) is 0 Å². The molecule has 1 amide bonds. The first-order valence-electron chi connectivity index (χ1n) is 6.71. The maximum atomic E-state index is 13.5. The number of carbonyl (C=O) groups excluding carboxylic acids is 1. The minimum Gasteiger partial charge on any atom is -0.494 e. The largest absolute Gasteiger partial charge is 0.494 e. The maximum Gasteiger partial charge on any atom is 0.244 e. The fourth-order valence-corrected chi connectivity index (χ4v) is 2.36. The van der Waals surface area contributed by atoms with Gasteiger partial charge in [0.05, 0.1) is 18.5 Å². The molecule has 3 N–H and O–H groups in total. The molecule has 5 nitrogen and oxygen atoms in total. The number of amides is 1. The molecule has 1 aromatic rings. The number of likely N-dealkylation sites (tertiary alicyclic amines) is 1. The molecule has 1 aliphatic rings. The molecule has 20 heavy (non-hydrogen) atoms. The number of rotatable bonds is 4. The van der Waals surface area contributed by atoms with Crippen LogP contribution < -0.4 is 15.8 Å². The zero-order chi connectivity index (χ0) is 14.7. The number of nitrogens with zero attached hydrogens (tertiary/aromatic N) is 1. The van der Waals surface area contributed by atoms with Crippen LogP contribution in [0, 0.1) is 5.82 Å². The molecular weight excluding hydrogens is 261 g/mol. The SMILES string of the molecule is COc1cc(NC(C)C(=O)N2CCCC2)c(N)cc1F. The summed E-state index contributed by atoms with van der Waals surface area (Å²) in [7, 11) is 1.39. The van der Waals surface area contributed by atoms with Crippen LogP contribution in [0.2, 0.25) is 0 Å². The molecule has 1 aliphatic heterocycles. The van der Waals surface area contributed by atoms with Crippen molar-refractivity contribution in [3.63, 3.8) is 0 Å². The lowest BCUT2D eigenvalue weighted by Crippen LogP contribution is -2.39. The predicted octanol–water partition coefficient (Wildman–Crippen LogP) is 1.84. The molecule has 1 atom stereocenters. The Kier molecular flexibility index (Phi) is 4.32. The van der Waals surface area contributed by atoms with Gasteiger partial charge in [-0.1, -0.05) is 0 Å². The summed E-state index contributed by atoms with van der Waals surface area (Å²) in [5.74, 6) is -0.387. The van der Waals surface area contributed by atoms with Crippen molar-refractivity contribution in [2.75, 3.05) is 31.2 Å². The number of anilines is 2. The van der Waals surface area contributed by atoms with Gasteiger partial charge in [0.25, 0.3) is 0 Å². The third-order valence-corrected chi connectivity index (χ3v) is 3.48. The molecule has 0 radical (unpaired) electrons. The average Bonchev–Trinajstić information content (AvgIpc) is 2.94. The van der Waals surface area contributed by atoms with E-state index in [1.807, 2.05) is 4.90 Å². The lowest BCUT2D eigenvalue weighted by Gasteiger charge is -2.22. The first-order valence-corrected chi connectivity index (χ1v) is 6.71. The Morgan fingerprint density at radius 1 is 1.45 bits per heavy atom. The third-order valence-electron chi connectivity index (χ3n) is 3.48. The van der Waals surface area contributed by atoms with E-state index in [2.05, 4.69) is 5.32 Å². The monoisotopic (exact) mass is 281 g/mol. The van der Waals surface area contributed by atoms with E-state index in [0.717, 1.165) is 25.9 Å². The molecule has 0 spiro atoms. The standard InChI is InChI=1S/C14H20FN3O2/c1-9(14(19)18-5-3-4-6-18)17-12-8-13(20-2)10(15)7-11(12)16/h7-9,17H,3-6,16H2,1-2H3. The third kappa shape index (κ3) is 2.95. The summed E-state index contributed by atoms with van der Waals surface area (Å²) in [4.78, 5) is 14.0. The summed E-state index contributed by atoms with van der Waals surface area (Å²) in [6.45, 7) is 3.37. The molecule has 0 aromatic heterocycles. The van der Waals surface area contributed by atoms with Crippen LogP contribution >= 0.6 is 0 Å². The number of halogens is 1. The number of nitrogens with one attached hydrogen (secondary N) is 1. The average molecular weight is 281 g/mol. The van der Waals surface area contributed by atoms with Crippen LogP contribution in [0.25, 0.3) is 0 Å². The molecule has 1 fully saturated rings. The van der Waals surface area contributed by atoms with Crippen LogP contribution in [-0.2, 0) is 4.79 Å². The molecule has 1 saturated heterocycles. The number of nitrogen functional groups attached to an aromatic ring is 1. The Morgan fingerprint density at radius 3 is 2.70 bits per heavy atom. The Morgan fingerprint density at radius 2 is 2.10 bits per heavy atom. The van der Waals surface area contributed by atoms with E-state index in [0.29, 0.717) is 5.69 Å². The van der Waals surface area contributed by atoms with Crippen molar-refractivity contribution < 1.29 is 13.9 Å². The van der Waals surface area contributed by atoms with Gasteiger partial charge in [-0.25, -0.2) is 4.39 Å². The van der Waals surface area contributed by atoms with Crippen LogP contribution in [0.15, 0.2) is 12.1 Å². The number of hydrogen-bond donors (Lipinski definition) is 2. The minimum absolute atomic E-state index is 0.0326. The van der Waals surface area contributed by atoms with Gasteiger partial charge in [-0.05, 0) is 19.8 Å². The van der Waals surface area contributed by atoms with E-state index in [9.17, 15) is 9.18 Å². The van der Waals surface area contributed by atoms with Gasteiger partial charge in [-0.2, -0.15) is 0 Å². The highest BCUT2D eigenvalue weighted by atomic mass is 19.1. The summed E-state index contributed by atoms with van der Waals surface area (Å²) in [5.41, 5.74) is 6.52. The number of carbonyl (C=O) groups is 1. The van der Waals surface area contributed by atoms with Gasteiger partial charge < -0.3 is 20.7 Å². The second kappa shape index (κ2) is 5.98. The quantitative estimate of drug-likeness (QED) is 0.826. The van der Waals surface area contributed by atoms with Crippen LogP contribution in [0.1, 0.15) is 19.8 Å². The fraction of sp³-hybridized carbons (Fsp3) is 0.500. The van der Waals surface area contributed by atoms with Gasteiger partial charge in [-0.15, -0.1) is 0 Å². The second-order valence-corrected chi connectivity index (χ2v) is 4.97. The molecule has 2 rings (SSSR count). The number of hydrogen-bond acceptors (Lipinski definition) is 4. The first kappa shape index (κ1) is 14.4. The normalized spacial score (nSPS) is 16.1. The molecule has 1 heterocycles. The smallest absolute Gasteiger partial charge is 0.244 e. The highest BCUT2D eigenvalue weighted by Crippen LogP contribution is 2.28. The summed E-state index contributed by atoms with van der Waals surface area (Å²) >= 11 is 0. The van der Waals surface area contributed by atoms with Gasteiger partial charge in [0.15, 0.2) is 11.6 Å². The Balaban J connectivity index is 2.10. The lowest BCUT2D eigenvalue weighted by molar-refractivity contribution is -0.130. The van der Waals surface area contributed by atoms with Gasteiger partial charge in [0.2, 0.25) is 5.91 Å². The van der Waals surface area contributed by atoms with E-state index in [1.165, 1.54) is 19.2 Å². The van der Waals surface area contributed by atoms with E-state index in [4.69, 9.17) is 10.5 Å². The van der Waals surface area contributed by atoms with Crippen LogP contribution in [0.4, 0.5) is 15.8 Å². The number of nitrogens with two attached hydrogens (primary N) is 1. The molecule has 0 aliphatic carbocycles. The van der Waals surface area contributed by atoms with E-state index >= 15 is 0 Å². The summed E-state index contributed by atoms with van der Waals surface area (Å²) in [6, 6.07) is 2.25. The topological polar surface area (TPSA) is 67.6 Å². The lowest BCUT2D eigenvalue weighted by atomic mass is 10.2. The number of benzene rings is 1. The highest BCUT2D eigenvalue weighted by Gasteiger charge is 2.23. The number of ether oxygens (including phenoxy) is 1. The van der Waals surface area contributed by atoms with Crippen LogP contribution in [0.5, 0.6) is 5.75 Å². The van der Waals surface area contributed by atoms with Gasteiger partial charge in [0.1, 0.15) is 6.04 Å². The van der Waals surface area contributed by atoms with Crippen molar-refractivity contribution in [3.05, 3.63) is 17.9 Å². The van der Waals surface area contributed by atoms with E-state index in [1.54, 1.807) is 6.92 Å². The van der Waals surface area contributed by atoms with Crippen LogP contribution in [0.3, 0.4) is 0 Å². The predicted molar refractivity (Wildman–Crippen MR) is 76.3 cm³/mol. The summed E-state index contributed by atoms with van der Waals surface area (Å²) in [6.07, 6.45) is 2.09. The van der Waals surface area contributed by atoms with E-state index in [-0.39, 0.29) is 17.3 Å². The van der Waals surface area contributed by atoms with Crippen molar-refractivity contribution in [3.8, 4) is 5.75 Å². The molecule has 6 heteroatoms. The molecule has 1 aromatic carbocycles. The first-order chi connectivity index (χ1) is 9.52. The molecule has 110 valence electrons. The van der Waals surface area contributed by atoms with Gasteiger partial charge >= 0.3 is 0 Å². The van der Waals surface area contributed by atoms with Crippen molar-refractivity contribution in [2.24, 2.45) is 0 Å². The zero-order valence-corrected chi connectivity index (χ0v) is 11.8. The molecule has 0 bridgehead atoms. The van der Waals surface area contributed by atoms with Crippen molar-refractivity contribution in [1.82, 2.24) is 4.90 Å². The Hall–Kier alpha value is -1.98. The maximum absolute atomic E-state index is 13.5. The summed E-state index contributed by atoms with van der Waals surface area (Å²) < 4.78 is 18.4. The highest BCUT2D eigenvalue weighted by molar-refractivity contribution is 5.86. The Labute approximate surface area is 117 Å². The van der Waals surface area contributed by atoms with Crippen molar-refractivity contribution in [2.45, 2.75) is 25.8 Å². The molecule has 0 saturated carbocycles. The minimum atomic E-state index is -0.519. The van der Waals surface area contributed by atoms with Gasteiger partial charge in [-0.3, -0.25) is 4.79 Å². The van der Waals surface area contributed by atoms with Gasteiger partial charge in [0, 0.05) is 25.2 Å². The fourth-order valence-electron chi connectivity index (χ4n) is 2.36. The Bertz CT molecular complexity index is 501. The summed E-state index contributed by atoms with van der Waals surface area (Å²) in [5, 5.41) is 3.03. The zero-order valence-electron chi connectivity index (χ0n) is 11.8. The molecule has 1 unspecified atom stereocenters. The second-order valence-electron chi connectivity index (χ2n) is 4.97. The van der Waals surface area contributed by atoms with E-state index < -0.39 is 11.9 Å². The number of methoxy groups -OCH3 is 1. The van der Waals surface area contributed by atoms with Crippen LogP contribution in [-0.4, -0.2) is 37.0 Å².